The highest BCUT2D eigenvalue weighted by atomic mass is 79.9. The number of aliphatic hydroxyl groups excluding tert-OH is 1. The molecule has 0 radical (unpaired) electrons. The van der Waals surface area contributed by atoms with Crippen molar-refractivity contribution < 1.29 is 19.8 Å². The Morgan fingerprint density at radius 3 is 2.63 bits per heavy atom. The topological polar surface area (TPSA) is 113 Å². The fourth-order valence-corrected chi connectivity index (χ4v) is 3.80. The molecule has 0 bridgehead atoms. The Morgan fingerprint density at radius 1 is 1.47 bits per heavy atom. The van der Waals surface area contributed by atoms with Crippen molar-refractivity contribution in [2.45, 2.75) is 41.6 Å². The number of amides is 1. The predicted molar refractivity (Wildman–Crippen MR) is 74.3 cm³/mol. The van der Waals surface area contributed by atoms with Gasteiger partial charge in [-0.1, -0.05) is 15.9 Å². The number of carboxylic acids is 1. The molecule has 1 amide bonds. The van der Waals surface area contributed by atoms with Gasteiger partial charge in [-0.25, -0.2) is 0 Å². The molecule has 0 aromatic heterocycles. The van der Waals surface area contributed by atoms with Crippen LogP contribution in [0, 0.1) is 5.92 Å². The fraction of sp³-hybridized carbons (Fsp3) is 0.818. The molecule has 0 aromatic rings. The van der Waals surface area contributed by atoms with E-state index in [2.05, 4.69) is 21.2 Å². The van der Waals surface area contributed by atoms with E-state index in [9.17, 15) is 14.7 Å². The SMILES string of the molecule is NCC(=O)N[C@@H](CC(=O)O)C1CC(Cl)CC(Br)C1O. The Bertz CT molecular complexity index is 345. The van der Waals surface area contributed by atoms with Crippen molar-refractivity contribution in [3.05, 3.63) is 0 Å². The van der Waals surface area contributed by atoms with Crippen molar-refractivity contribution in [3.63, 3.8) is 0 Å². The van der Waals surface area contributed by atoms with Gasteiger partial charge in [-0.2, -0.15) is 0 Å². The molecule has 4 unspecified atom stereocenters. The van der Waals surface area contributed by atoms with Crippen LogP contribution in [0.5, 0.6) is 0 Å². The first-order chi connectivity index (χ1) is 8.85. The summed E-state index contributed by atoms with van der Waals surface area (Å²) >= 11 is 9.43. The van der Waals surface area contributed by atoms with Crippen LogP contribution in [0.25, 0.3) is 0 Å². The van der Waals surface area contributed by atoms with Gasteiger partial charge in [-0.15, -0.1) is 11.6 Å². The number of aliphatic hydroxyl groups is 1. The molecule has 1 fully saturated rings. The van der Waals surface area contributed by atoms with Gasteiger partial charge >= 0.3 is 5.97 Å². The first-order valence-electron chi connectivity index (χ1n) is 6.02. The summed E-state index contributed by atoms with van der Waals surface area (Å²) in [5, 5.41) is 21.4. The molecule has 1 saturated carbocycles. The Morgan fingerprint density at radius 2 is 2.11 bits per heavy atom. The van der Waals surface area contributed by atoms with Gasteiger partial charge in [-0.3, -0.25) is 9.59 Å². The van der Waals surface area contributed by atoms with Crippen molar-refractivity contribution in [1.82, 2.24) is 5.32 Å². The van der Waals surface area contributed by atoms with E-state index in [4.69, 9.17) is 22.4 Å². The number of carboxylic acid groups (broad SMARTS) is 1. The molecule has 0 aromatic carbocycles. The summed E-state index contributed by atoms with van der Waals surface area (Å²) in [5.41, 5.74) is 5.21. The number of aliphatic carboxylic acids is 1. The second-order valence-electron chi connectivity index (χ2n) is 4.72. The van der Waals surface area contributed by atoms with Crippen molar-refractivity contribution in [3.8, 4) is 0 Å². The maximum absolute atomic E-state index is 11.4. The van der Waals surface area contributed by atoms with Gasteiger partial charge in [0, 0.05) is 22.2 Å². The third-order valence-electron chi connectivity index (χ3n) is 3.26. The molecule has 0 heterocycles. The minimum absolute atomic E-state index is 0.163. The molecular formula is C11H18BrClN2O4. The van der Waals surface area contributed by atoms with E-state index in [1.54, 1.807) is 0 Å². The highest BCUT2D eigenvalue weighted by Crippen LogP contribution is 2.35. The van der Waals surface area contributed by atoms with Gasteiger partial charge in [0.05, 0.1) is 19.1 Å². The summed E-state index contributed by atoms with van der Waals surface area (Å²) in [5.74, 6) is -1.90. The van der Waals surface area contributed by atoms with Crippen LogP contribution in [0.4, 0.5) is 0 Å². The van der Waals surface area contributed by atoms with Crippen molar-refractivity contribution in [2.24, 2.45) is 11.7 Å². The quantitative estimate of drug-likeness (QED) is 0.519. The van der Waals surface area contributed by atoms with Crippen molar-refractivity contribution in [2.75, 3.05) is 6.54 Å². The second-order valence-corrected chi connectivity index (χ2v) is 6.51. The van der Waals surface area contributed by atoms with E-state index in [0.717, 1.165) is 0 Å². The van der Waals surface area contributed by atoms with Crippen LogP contribution >= 0.6 is 27.5 Å². The van der Waals surface area contributed by atoms with Gasteiger partial charge in [0.25, 0.3) is 0 Å². The molecule has 1 aliphatic carbocycles. The molecule has 1 aliphatic rings. The monoisotopic (exact) mass is 356 g/mol. The van der Waals surface area contributed by atoms with Crippen LogP contribution in [0.2, 0.25) is 0 Å². The smallest absolute Gasteiger partial charge is 0.305 e. The number of hydrogen-bond donors (Lipinski definition) is 4. The van der Waals surface area contributed by atoms with Crippen LogP contribution in [0.15, 0.2) is 0 Å². The first kappa shape index (κ1) is 16.7. The zero-order valence-electron chi connectivity index (χ0n) is 10.3. The summed E-state index contributed by atoms with van der Waals surface area (Å²) in [7, 11) is 0. The maximum Gasteiger partial charge on any atom is 0.305 e. The minimum Gasteiger partial charge on any atom is -0.481 e. The van der Waals surface area contributed by atoms with Crippen LogP contribution in [0.1, 0.15) is 19.3 Å². The number of nitrogens with one attached hydrogen (secondary N) is 1. The summed E-state index contributed by atoms with van der Waals surface area (Å²) in [4.78, 5) is 22.0. The molecular weight excluding hydrogens is 339 g/mol. The summed E-state index contributed by atoms with van der Waals surface area (Å²) < 4.78 is 0. The van der Waals surface area contributed by atoms with Crippen LogP contribution in [0.3, 0.4) is 0 Å². The third-order valence-corrected chi connectivity index (χ3v) is 4.53. The van der Waals surface area contributed by atoms with E-state index in [0.29, 0.717) is 12.8 Å². The molecule has 5 atom stereocenters. The van der Waals surface area contributed by atoms with E-state index < -0.39 is 29.9 Å². The minimum atomic E-state index is -1.04. The van der Waals surface area contributed by atoms with E-state index >= 15 is 0 Å². The summed E-state index contributed by atoms with van der Waals surface area (Å²) in [6.07, 6.45) is 0.0336. The Hall–Kier alpha value is -0.370. The average molecular weight is 358 g/mol. The highest BCUT2D eigenvalue weighted by Gasteiger charge is 2.40. The van der Waals surface area contributed by atoms with Gasteiger partial charge < -0.3 is 21.3 Å². The number of carbonyl (C=O) groups is 2. The fourth-order valence-electron chi connectivity index (χ4n) is 2.35. The normalized spacial score (nSPS) is 32.6. The number of halogens is 2. The van der Waals surface area contributed by atoms with E-state index in [1.807, 2.05) is 0 Å². The number of hydrogen-bond acceptors (Lipinski definition) is 4. The second kappa shape index (κ2) is 7.42. The lowest BCUT2D eigenvalue weighted by atomic mass is 9.80. The van der Waals surface area contributed by atoms with E-state index in [1.165, 1.54) is 0 Å². The number of carbonyl (C=O) groups excluding carboxylic acids is 1. The number of alkyl halides is 2. The van der Waals surface area contributed by atoms with Crippen molar-refractivity contribution in [1.29, 1.82) is 0 Å². The Balaban J connectivity index is 2.81. The van der Waals surface area contributed by atoms with Gasteiger partial charge in [-0.05, 0) is 12.8 Å². The summed E-state index contributed by atoms with van der Waals surface area (Å²) in [6, 6.07) is -0.676. The lowest BCUT2D eigenvalue weighted by Crippen LogP contribution is -2.52. The zero-order chi connectivity index (χ0) is 14.6. The molecule has 0 aliphatic heterocycles. The first-order valence-corrected chi connectivity index (χ1v) is 7.37. The lowest BCUT2D eigenvalue weighted by Gasteiger charge is -2.38. The summed E-state index contributed by atoms with van der Waals surface area (Å²) in [6.45, 7) is -0.221. The van der Waals surface area contributed by atoms with Crippen LogP contribution < -0.4 is 11.1 Å². The standard InChI is InChI=1S/C11H18BrClN2O4/c12-7-2-5(13)1-6(11(7)19)8(3-10(17)18)15-9(16)4-14/h5-8,11,19H,1-4,14H2,(H,15,16)(H,17,18)/t5?,6?,7?,8-,11?/m0/s1. The van der Waals surface area contributed by atoms with Gasteiger partial charge in [0.2, 0.25) is 5.91 Å². The molecule has 110 valence electrons. The third kappa shape index (κ3) is 4.91. The number of nitrogens with two attached hydrogens (primary N) is 1. The maximum atomic E-state index is 11.4. The van der Waals surface area contributed by atoms with Crippen LogP contribution in [-0.4, -0.2) is 51.0 Å². The molecule has 5 N–H and O–H groups in total. The lowest BCUT2D eigenvalue weighted by molar-refractivity contribution is -0.138. The predicted octanol–water partition coefficient (Wildman–Crippen LogP) is 0.0464. The van der Waals surface area contributed by atoms with E-state index in [-0.39, 0.29) is 23.2 Å². The average Bonchev–Trinajstić information content (AvgIpc) is 2.32. The molecule has 0 spiro atoms. The molecule has 1 rings (SSSR count). The molecule has 8 heteroatoms. The van der Waals surface area contributed by atoms with Gasteiger partial charge in [0.15, 0.2) is 0 Å². The molecule has 19 heavy (non-hydrogen) atoms. The van der Waals surface area contributed by atoms with Crippen LogP contribution in [-0.2, 0) is 9.59 Å². The zero-order valence-corrected chi connectivity index (χ0v) is 12.6. The van der Waals surface area contributed by atoms with Crippen molar-refractivity contribution >= 4 is 39.4 Å². The molecule has 0 saturated heterocycles. The highest BCUT2D eigenvalue weighted by molar-refractivity contribution is 9.09. The largest absolute Gasteiger partial charge is 0.481 e. The Labute approximate surface area is 124 Å². The Kier molecular flexibility index (Phi) is 6.52. The number of rotatable bonds is 5. The molecule has 6 nitrogen and oxygen atoms in total. The van der Waals surface area contributed by atoms with Gasteiger partial charge in [0.1, 0.15) is 0 Å².